The molecule has 0 spiro atoms. The van der Waals surface area contributed by atoms with Crippen molar-refractivity contribution in [3.05, 3.63) is 59.7 Å². The van der Waals surface area contributed by atoms with E-state index in [1.54, 1.807) is 0 Å². The smallest absolute Gasteiger partial charge is 0.234 e. The van der Waals surface area contributed by atoms with Crippen LogP contribution in [-0.2, 0) is 0 Å². The Kier molecular flexibility index (Phi) is 8.11. The molecule has 0 aliphatic carbocycles. The first-order chi connectivity index (χ1) is 16.6. The Morgan fingerprint density at radius 1 is 0.706 bits per heavy atom. The molecule has 2 aromatic rings. The van der Waals surface area contributed by atoms with Gasteiger partial charge in [0.1, 0.15) is 0 Å². The number of piperazine rings is 2. The van der Waals surface area contributed by atoms with Crippen LogP contribution in [0.4, 0.5) is 11.4 Å². The maximum absolute atomic E-state index is 5.97. The molecule has 2 aliphatic rings. The fraction of sp³-hybridized carbons (Fsp3) is 0.400. The zero-order chi connectivity index (χ0) is 23.8. The van der Waals surface area contributed by atoms with Crippen LogP contribution < -0.4 is 31.6 Å². The van der Waals surface area contributed by atoms with Gasteiger partial charge in [-0.05, 0) is 49.2 Å². The molecule has 2 heterocycles. The number of nitrogens with zero attached hydrogens (tertiary/aromatic N) is 5. The lowest BCUT2D eigenvalue weighted by Gasteiger charge is -2.29. The molecule has 2 fully saturated rings. The summed E-state index contributed by atoms with van der Waals surface area (Å²) in [6.45, 7) is 12.1. The first kappa shape index (κ1) is 23.7. The molecule has 0 saturated carbocycles. The van der Waals surface area contributed by atoms with Crippen molar-refractivity contribution in [1.29, 1.82) is 0 Å². The Bertz CT molecular complexity index is 1010. The largest absolute Gasteiger partial charge is 0.369 e. The van der Waals surface area contributed by atoms with Crippen LogP contribution in [0.15, 0.2) is 63.8 Å². The van der Waals surface area contributed by atoms with E-state index in [2.05, 4.69) is 89.7 Å². The number of hydrazone groups is 1. The predicted molar refractivity (Wildman–Crippen MR) is 142 cm³/mol. The van der Waals surface area contributed by atoms with E-state index in [4.69, 9.17) is 5.73 Å². The van der Waals surface area contributed by atoms with Crippen LogP contribution in [0.1, 0.15) is 25.0 Å². The molecule has 180 valence electrons. The lowest BCUT2D eigenvalue weighted by Crippen LogP contribution is -2.43. The van der Waals surface area contributed by atoms with Gasteiger partial charge in [-0.2, -0.15) is 10.2 Å². The third-order valence-electron chi connectivity index (χ3n) is 6.18. The van der Waals surface area contributed by atoms with Gasteiger partial charge in [-0.1, -0.05) is 24.3 Å². The summed E-state index contributed by atoms with van der Waals surface area (Å²) in [5.41, 5.74) is 14.9. The summed E-state index contributed by atoms with van der Waals surface area (Å²) in [6, 6.07) is 16.8. The molecule has 9 nitrogen and oxygen atoms in total. The molecule has 0 radical (unpaired) electrons. The highest BCUT2D eigenvalue weighted by Gasteiger charge is 2.11. The highest BCUT2D eigenvalue weighted by Crippen LogP contribution is 2.17. The zero-order valence-electron chi connectivity index (χ0n) is 20.1. The minimum atomic E-state index is 0.147. The van der Waals surface area contributed by atoms with E-state index in [-0.39, 0.29) is 5.96 Å². The van der Waals surface area contributed by atoms with E-state index in [1.807, 2.05) is 13.8 Å². The van der Waals surface area contributed by atoms with Crippen LogP contribution in [0, 0.1) is 0 Å². The van der Waals surface area contributed by atoms with Crippen molar-refractivity contribution in [1.82, 2.24) is 16.1 Å². The molecule has 2 aliphatic heterocycles. The molecular formula is C25H35N9. The molecular weight excluding hydrogens is 426 g/mol. The maximum atomic E-state index is 5.97. The number of hydrogen-bond donors (Lipinski definition) is 4. The first-order valence-electron chi connectivity index (χ1n) is 11.9. The molecule has 5 N–H and O–H groups in total. The van der Waals surface area contributed by atoms with Gasteiger partial charge in [0.2, 0.25) is 5.96 Å². The summed E-state index contributed by atoms with van der Waals surface area (Å²) in [4.78, 5) is 4.76. The second kappa shape index (κ2) is 11.6. The van der Waals surface area contributed by atoms with E-state index in [0.29, 0.717) is 0 Å². The molecule has 0 aromatic heterocycles. The Labute approximate surface area is 201 Å². The van der Waals surface area contributed by atoms with E-state index in [1.165, 1.54) is 11.4 Å². The minimum absolute atomic E-state index is 0.147. The van der Waals surface area contributed by atoms with Gasteiger partial charge in [-0.15, -0.1) is 5.10 Å². The van der Waals surface area contributed by atoms with Gasteiger partial charge >= 0.3 is 0 Å². The van der Waals surface area contributed by atoms with Crippen LogP contribution in [0.2, 0.25) is 0 Å². The number of nitrogens with two attached hydrogens (primary N) is 1. The van der Waals surface area contributed by atoms with E-state index in [9.17, 15) is 0 Å². The van der Waals surface area contributed by atoms with Crippen molar-refractivity contribution in [2.75, 3.05) is 62.2 Å². The number of benzene rings is 2. The van der Waals surface area contributed by atoms with Gasteiger partial charge in [-0.3, -0.25) is 0 Å². The molecule has 0 amide bonds. The van der Waals surface area contributed by atoms with Gasteiger partial charge in [0.25, 0.3) is 0 Å². The van der Waals surface area contributed by atoms with Gasteiger partial charge in [0, 0.05) is 63.7 Å². The number of hydrogen-bond acceptors (Lipinski definition) is 7. The Morgan fingerprint density at radius 2 is 1.15 bits per heavy atom. The Morgan fingerprint density at radius 3 is 1.62 bits per heavy atom. The van der Waals surface area contributed by atoms with Crippen molar-refractivity contribution in [2.24, 2.45) is 21.0 Å². The van der Waals surface area contributed by atoms with Gasteiger partial charge in [0.05, 0.1) is 11.4 Å². The topological polar surface area (TPSA) is 106 Å². The van der Waals surface area contributed by atoms with Crippen LogP contribution >= 0.6 is 0 Å². The summed E-state index contributed by atoms with van der Waals surface area (Å²) in [6.07, 6.45) is 0. The average molecular weight is 462 g/mol. The number of guanidine groups is 1. The lowest BCUT2D eigenvalue weighted by atomic mass is 10.1. The van der Waals surface area contributed by atoms with E-state index in [0.717, 1.165) is 74.9 Å². The Balaban J connectivity index is 1.32. The fourth-order valence-electron chi connectivity index (χ4n) is 4.09. The van der Waals surface area contributed by atoms with Gasteiger partial charge < -0.3 is 26.2 Å². The number of rotatable bonds is 6. The van der Waals surface area contributed by atoms with Crippen molar-refractivity contribution in [3.63, 3.8) is 0 Å². The third kappa shape index (κ3) is 6.33. The summed E-state index contributed by atoms with van der Waals surface area (Å²) >= 11 is 0. The van der Waals surface area contributed by atoms with Gasteiger partial charge in [-0.25, -0.2) is 5.43 Å². The molecule has 0 bridgehead atoms. The standard InChI is InChI=1S/C25H35N9/c1-19(21-3-7-23(8-4-21)33-15-11-27-12-16-33)29-31-25(26)32-30-20(2)22-5-9-24(10-6-22)34-17-13-28-14-18-34/h3-10,27-28H,11-18H2,1-2H3,(H3,26,31,32). The second-order valence-corrected chi connectivity index (χ2v) is 8.55. The van der Waals surface area contributed by atoms with Crippen LogP contribution in [0.3, 0.4) is 0 Å². The summed E-state index contributed by atoms with van der Waals surface area (Å²) in [7, 11) is 0. The van der Waals surface area contributed by atoms with Crippen molar-refractivity contribution < 1.29 is 0 Å². The summed E-state index contributed by atoms with van der Waals surface area (Å²) in [5, 5.41) is 19.5. The highest BCUT2D eigenvalue weighted by atomic mass is 15.4. The second-order valence-electron chi connectivity index (χ2n) is 8.55. The predicted octanol–water partition coefficient (Wildman–Crippen LogP) is 1.56. The summed E-state index contributed by atoms with van der Waals surface area (Å²) in [5.74, 6) is 0.147. The molecule has 9 heteroatoms. The van der Waals surface area contributed by atoms with Gasteiger partial charge in [0.15, 0.2) is 0 Å². The molecule has 4 rings (SSSR count). The molecule has 2 aromatic carbocycles. The molecule has 34 heavy (non-hydrogen) atoms. The fourth-order valence-corrected chi connectivity index (χ4v) is 4.09. The third-order valence-corrected chi connectivity index (χ3v) is 6.18. The van der Waals surface area contributed by atoms with E-state index >= 15 is 0 Å². The van der Waals surface area contributed by atoms with Crippen LogP contribution in [0.5, 0.6) is 0 Å². The zero-order valence-corrected chi connectivity index (χ0v) is 20.1. The monoisotopic (exact) mass is 461 g/mol. The van der Waals surface area contributed by atoms with Crippen LogP contribution in [0.25, 0.3) is 0 Å². The Hall–Kier alpha value is -3.43. The SMILES string of the molecule is CC(=NN=C(N)NN=C(C)c1ccc(N2CCNCC2)cc1)c1ccc(N2CCNCC2)cc1. The van der Waals surface area contributed by atoms with Crippen molar-refractivity contribution >= 4 is 28.8 Å². The summed E-state index contributed by atoms with van der Waals surface area (Å²) < 4.78 is 0. The van der Waals surface area contributed by atoms with Crippen LogP contribution in [-0.4, -0.2) is 69.7 Å². The number of anilines is 2. The minimum Gasteiger partial charge on any atom is -0.369 e. The first-order valence-corrected chi connectivity index (χ1v) is 11.9. The normalized spacial score (nSPS) is 18.2. The van der Waals surface area contributed by atoms with Crippen molar-refractivity contribution in [2.45, 2.75) is 13.8 Å². The molecule has 0 atom stereocenters. The molecule has 0 unspecified atom stereocenters. The molecule has 2 saturated heterocycles. The highest BCUT2D eigenvalue weighted by molar-refractivity contribution is 6.00. The van der Waals surface area contributed by atoms with E-state index < -0.39 is 0 Å². The van der Waals surface area contributed by atoms with Crippen molar-refractivity contribution in [3.8, 4) is 0 Å². The quantitative estimate of drug-likeness (QED) is 0.296. The average Bonchev–Trinajstić information content (AvgIpc) is 2.91. The maximum Gasteiger partial charge on any atom is 0.234 e. The lowest BCUT2D eigenvalue weighted by molar-refractivity contribution is 0.589. The number of nitrogens with one attached hydrogen (secondary N) is 3.